The highest BCUT2D eigenvalue weighted by molar-refractivity contribution is 5.65. The standard InChI is InChI=1S/C19H19NO3/c1-13-9-10-15(14-7-5-4-6-8-14)11-16(13)12-17-18(21)20(2)23-19(17)22-3/h4-11H,12H2,1-3H3. The fourth-order valence-electron chi connectivity index (χ4n) is 2.67. The molecule has 0 aliphatic rings. The minimum absolute atomic E-state index is 0.161. The van der Waals surface area contributed by atoms with Crippen molar-refractivity contribution in [2.45, 2.75) is 13.3 Å². The van der Waals surface area contributed by atoms with Gasteiger partial charge < -0.3 is 9.26 Å². The van der Waals surface area contributed by atoms with Gasteiger partial charge in [-0.05, 0) is 29.2 Å². The molecule has 0 aliphatic heterocycles. The predicted octanol–water partition coefficient (Wildman–Crippen LogP) is 3.55. The summed E-state index contributed by atoms with van der Waals surface area (Å²) in [6.45, 7) is 2.04. The first kappa shape index (κ1) is 15.2. The molecule has 0 unspecified atom stereocenters. The normalized spacial score (nSPS) is 10.7. The second-order valence-corrected chi connectivity index (χ2v) is 5.55. The van der Waals surface area contributed by atoms with Crippen molar-refractivity contribution in [2.75, 3.05) is 7.11 Å². The molecule has 0 radical (unpaired) electrons. The van der Waals surface area contributed by atoms with E-state index in [1.165, 1.54) is 11.8 Å². The van der Waals surface area contributed by atoms with Crippen LogP contribution in [0.15, 0.2) is 57.8 Å². The van der Waals surface area contributed by atoms with Gasteiger partial charge in [0.15, 0.2) is 0 Å². The second kappa shape index (κ2) is 6.16. The molecule has 23 heavy (non-hydrogen) atoms. The third kappa shape index (κ3) is 2.93. The highest BCUT2D eigenvalue weighted by Gasteiger charge is 2.17. The van der Waals surface area contributed by atoms with Gasteiger partial charge in [0.05, 0.1) is 7.11 Å². The lowest BCUT2D eigenvalue weighted by molar-refractivity contribution is 0.207. The molecule has 118 valence electrons. The number of aryl methyl sites for hydroxylation is 2. The molecule has 2 aromatic carbocycles. The van der Waals surface area contributed by atoms with E-state index in [1.807, 2.05) is 25.1 Å². The third-order valence-electron chi connectivity index (χ3n) is 4.02. The highest BCUT2D eigenvalue weighted by atomic mass is 16.6. The number of benzene rings is 2. The van der Waals surface area contributed by atoms with Gasteiger partial charge >= 0.3 is 5.95 Å². The molecule has 4 nitrogen and oxygen atoms in total. The average Bonchev–Trinajstić information content (AvgIpc) is 2.85. The van der Waals surface area contributed by atoms with Crippen LogP contribution in [0.2, 0.25) is 0 Å². The fourth-order valence-corrected chi connectivity index (χ4v) is 2.67. The van der Waals surface area contributed by atoms with E-state index in [0.29, 0.717) is 12.0 Å². The van der Waals surface area contributed by atoms with E-state index in [-0.39, 0.29) is 11.5 Å². The molecule has 0 spiro atoms. The summed E-state index contributed by atoms with van der Waals surface area (Å²) < 4.78 is 11.7. The second-order valence-electron chi connectivity index (χ2n) is 5.55. The van der Waals surface area contributed by atoms with Crippen LogP contribution in [0.1, 0.15) is 16.7 Å². The maximum Gasteiger partial charge on any atom is 0.315 e. The van der Waals surface area contributed by atoms with E-state index in [4.69, 9.17) is 9.26 Å². The van der Waals surface area contributed by atoms with Gasteiger partial charge in [0, 0.05) is 13.5 Å². The number of hydrogen-bond donors (Lipinski definition) is 0. The number of hydrogen-bond acceptors (Lipinski definition) is 3. The van der Waals surface area contributed by atoms with Crippen LogP contribution in [0.3, 0.4) is 0 Å². The molecule has 0 saturated heterocycles. The highest BCUT2D eigenvalue weighted by Crippen LogP contribution is 2.25. The van der Waals surface area contributed by atoms with Crippen molar-refractivity contribution >= 4 is 0 Å². The van der Waals surface area contributed by atoms with Crippen molar-refractivity contribution in [3.05, 3.63) is 75.6 Å². The van der Waals surface area contributed by atoms with Gasteiger partial charge in [0.2, 0.25) is 0 Å². The minimum atomic E-state index is -0.161. The largest absolute Gasteiger partial charge is 0.467 e. The Labute approximate surface area is 134 Å². The van der Waals surface area contributed by atoms with Gasteiger partial charge in [-0.25, -0.2) is 0 Å². The van der Waals surface area contributed by atoms with E-state index in [0.717, 1.165) is 22.3 Å². The molecule has 0 fully saturated rings. The van der Waals surface area contributed by atoms with Gasteiger partial charge in [-0.3, -0.25) is 4.79 Å². The van der Waals surface area contributed by atoms with Crippen molar-refractivity contribution in [3.8, 4) is 17.1 Å². The van der Waals surface area contributed by atoms with Gasteiger partial charge in [-0.1, -0.05) is 48.5 Å². The number of methoxy groups -OCH3 is 1. The lowest BCUT2D eigenvalue weighted by atomic mass is 9.96. The van der Waals surface area contributed by atoms with Gasteiger partial charge in [-0.15, -0.1) is 0 Å². The molecule has 1 heterocycles. The van der Waals surface area contributed by atoms with E-state index in [1.54, 1.807) is 7.05 Å². The maximum atomic E-state index is 12.2. The molecule has 1 aromatic heterocycles. The number of ether oxygens (including phenoxy) is 1. The Bertz CT molecular complexity index is 875. The zero-order chi connectivity index (χ0) is 16.4. The zero-order valence-corrected chi connectivity index (χ0v) is 13.5. The molecular weight excluding hydrogens is 290 g/mol. The van der Waals surface area contributed by atoms with Crippen molar-refractivity contribution in [2.24, 2.45) is 7.05 Å². The average molecular weight is 309 g/mol. The monoisotopic (exact) mass is 309 g/mol. The quantitative estimate of drug-likeness (QED) is 0.740. The van der Waals surface area contributed by atoms with Gasteiger partial charge in [0.25, 0.3) is 5.56 Å². The molecule has 0 saturated carbocycles. The number of nitrogens with zero attached hydrogens (tertiary/aromatic N) is 1. The SMILES string of the molecule is COc1on(C)c(=O)c1Cc1cc(-c2ccccc2)ccc1C. The molecular formula is C19H19NO3. The maximum absolute atomic E-state index is 12.2. The molecule has 0 bridgehead atoms. The first-order valence-electron chi connectivity index (χ1n) is 7.48. The summed E-state index contributed by atoms with van der Waals surface area (Å²) in [6.07, 6.45) is 0.485. The van der Waals surface area contributed by atoms with Crippen LogP contribution in [0, 0.1) is 6.92 Å². The predicted molar refractivity (Wildman–Crippen MR) is 89.9 cm³/mol. The van der Waals surface area contributed by atoms with Gasteiger partial charge in [0.1, 0.15) is 5.56 Å². The Morgan fingerprint density at radius 1 is 1.09 bits per heavy atom. The van der Waals surface area contributed by atoms with E-state index < -0.39 is 0 Å². The van der Waals surface area contributed by atoms with Crippen LogP contribution in [0.5, 0.6) is 5.95 Å². The summed E-state index contributed by atoms with van der Waals surface area (Å²) in [6, 6.07) is 16.5. The summed E-state index contributed by atoms with van der Waals surface area (Å²) >= 11 is 0. The first-order valence-corrected chi connectivity index (χ1v) is 7.48. The Kier molecular flexibility index (Phi) is 4.06. The molecule has 4 heteroatoms. The van der Waals surface area contributed by atoms with E-state index >= 15 is 0 Å². The Balaban J connectivity index is 2.03. The summed E-state index contributed by atoms with van der Waals surface area (Å²) in [5, 5.41) is 0. The van der Waals surface area contributed by atoms with Gasteiger partial charge in [-0.2, -0.15) is 4.74 Å². The van der Waals surface area contributed by atoms with Crippen molar-refractivity contribution in [3.63, 3.8) is 0 Å². The van der Waals surface area contributed by atoms with Crippen LogP contribution < -0.4 is 10.3 Å². The molecule has 0 atom stereocenters. The van der Waals surface area contributed by atoms with Crippen molar-refractivity contribution < 1.29 is 9.26 Å². The summed E-state index contributed by atoms with van der Waals surface area (Å²) in [5.41, 5.74) is 4.89. The molecule has 0 aliphatic carbocycles. The van der Waals surface area contributed by atoms with Crippen LogP contribution in [0.4, 0.5) is 0 Å². The summed E-state index contributed by atoms with van der Waals surface area (Å²) in [5.74, 6) is 0.280. The fraction of sp³-hybridized carbons (Fsp3) is 0.211. The topological polar surface area (TPSA) is 44.4 Å². The smallest absolute Gasteiger partial charge is 0.315 e. The Morgan fingerprint density at radius 3 is 2.52 bits per heavy atom. The zero-order valence-electron chi connectivity index (χ0n) is 13.5. The van der Waals surface area contributed by atoms with Crippen LogP contribution in [-0.4, -0.2) is 11.8 Å². The molecule has 3 rings (SSSR count). The number of rotatable bonds is 4. The van der Waals surface area contributed by atoms with E-state index in [2.05, 4.69) is 30.3 Å². The Hall–Kier alpha value is -2.75. The lowest BCUT2D eigenvalue weighted by Crippen LogP contribution is -2.14. The van der Waals surface area contributed by atoms with E-state index in [9.17, 15) is 4.79 Å². The minimum Gasteiger partial charge on any atom is -0.467 e. The third-order valence-corrected chi connectivity index (χ3v) is 4.02. The van der Waals surface area contributed by atoms with Crippen molar-refractivity contribution in [1.29, 1.82) is 0 Å². The molecule has 0 N–H and O–H groups in total. The summed E-state index contributed by atoms with van der Waals surface area (Å²) in [4.78, 5) is 12.2. The Morgan fingerprint density at radius 2 is 1.83 bits per heavy atom. The van der Waals surface area contributed by atoms with Crippen LogP contribution in [0.25, 0.3) is 11.1 Å². The lowest BCUT2D eigenvalue weighted by Gasteiger charge is -2.08. The molecule has 3 aromatic rings. The van der Waals surface area contributed by atoms with Crippen LogP contribution >= 0.6 is 0 Å². The molecule has 0 amide bonds. The number of aromatic nitrogens is 1. The van der Waals surface area contributed by atoms with Crippen molar-refractivity contribution in [1.82, 2.24) is 4.74 Å². The first-order chi connectivity index (χ1) is 11.1. The summed E-state index contributed by atoms with van der Waals surface area (Å²) in [7, 11) is 3.09. The van der Waals surface area contributed by atoms with Crippen LogP contribution in [-0.2, 0) is 13.5 Å².